The molecule has 1 aromatic heterocycles. The van der Waals surface area contributed by atoms with Crippen molar-refractivity contribution < 1.29 is 9.90 Å². The number of hydrogen-bond acceptors (Lipinski definition) is 2. The van der Waals surface area contributed by atoms with E-state index in [4.69, 9.17) is 5.11 Å². The lowest BCUT2D eigenvalue weighted by Gasteiger charge is -2.02. The monoisotopic (exact) mass is 180 g/mol. The summed E-state index contributed by atoms with van der Waals surface area (Å²) in [6, 6.07) is 0. The molecule has 2 rings (SSSR count). The quantitative estimate of drug-likeness (QED) is 0.757. The topological polar surface area (TPSA) is 55.1 Å². The number of hydrogen-bond donors (Lipinski definition) is 1. The largest absolute Gasteiger partial charge is 0.481 e. The van der Waals surface area contributed by atoms with Crippen molar-refractivity contribution in [1.29, 1.82) is 0 Å². The van der Waals surface area contributed by atoms with Gasteiger partial charge in [0.1, 0.15) is 0 Å². The van der Waals surface area contributed by atoms with Gasteiger partial charge in [-0.25, -0.2) is 4.98 Å². The average Bonchev–Trinajstić information content (AvgIpc) is 2.77. The molecule has 1 saturated carbocycles. The number of aliphatic carboxylic acids is 1. The molecule has 1 fully saturated rings. The van der Waals surface area contributed by atoms with Gasteiger partial charge >= 0.3 is 5.97 Å². The minimum absolute atomic E-state index is 0.179. The van der Waals surface area contributed by atoms with Crippen molar-refractivity contribution in [3.05, 3.63) is 18.2 Å². The highest BCUT2D eigenvalue weighted by Gasteiger charge is 2.45. The molecule has 4 nitrogen and oxygen atoms in total. The first-order valence-corrected chi connectivity index (χ1v) is 4.47. The van der Waals surface area contributed by atoms with Crippen LogP contribution in [0.25, 0.3) is 0 Å². The van der Waals surface area contributed by atoms with Gasteiger partial charge in [-0.05, 0) is 13.3 Å². The first kappa shape index (κ1) is 8.29. The van der Waals surface area contributed by atoms with E-state index in [0.29, 0.717) is 0 Å². The third-order valence-electron chi connectivity index (χ3n) is 2.57. The zero-order valence-corrected chi connectivity index (χ0v) is 7.47. The van der Waals surface area contributed by atoms with Gasteiger partial charge in [-0.2, -0.15) is 0 Å². The normalized spacial score (nSPS) is 25.9. The van der Waals surface area contributed by atoms with Crippen molar-refractivity contribution >= 4 is 5.97 Å². The summed E-state index contributed by atoms with van der Waals surface area (Å²) in [7, 11) is 0. The van der Waals surface area contributed by atoms with Crippen LogP contribution in [0.5, 0.6) is 0 Å². The SMILES string of the molecule is CCn1cncc1C1CC1C(=O)O. The van der Waals surface area contributed by atoms with E-state index in [0.717, 1.165) is 18.7 Å². The van der Waals surface area contributed by atoms with Crippen molar-refractivity contribution in [2.75, 3.05) is 0 Å². The Hall–Kier alpha value is -1.32. The van der Waals surface area contributed by atoms with E-state index in [9.17, 15) is 4.79 Å². The number of imidazole rings is 1. The van der Waals surface area contributed by atoms with Crippen LogP contribution in [0.1, 0.15) is 25.0 Å². The average molecular weight is 180 g/mol. The van der Waals surface area contributed by atoms with E-state index >= 15 is 0 Å². The molecule has 0 amide bonds. The summed E-state index contributed by atoms with van der Waals surface area (Å²) < 4.78 is 2.01. The maximum absolute atomic E-state index is 10.6. The second-order valence-electron chi connectivity index (χ2n) is 3.39. The molecule has 0 radical (unpaired) electrons. The molecule has 0 aliphatic heterocycles. The zero-order valence-electron chi connectivity index (χ0n) is 7.47. The molecule has 0 aromatic carbocycles. The van der Waals surface area contributed by atoms with Crippen molar-refractivity contribution in [2.45, 2.75) is 25.8 Å². The van der Waals surface area contributed by atoms with E-state index in [2.05, 4.69) is 4.98 Å². The van der Waals surface area contributed by atoms with Crippen LogP contribution in [-0.4, -0.2) is 20.6 Å². The molecule has 0 bridgehead atoms. The number of carboxylic acid groups (broad SMARTS) is 1. The Bertz CT molecular complexity index is 332. The molecular weight excluding hydrogens is 168 g/mol. The Kier molecular flexibility index (Phi) is 1.83. The fraction of sp³-hybridized carbons (Fsp3) is 0.556. The highest BCUT2D eigenvalue weighted by molar-refractivity contribution is 5.75. The highest BCUT2D eigenvalue weighted by Crippen LogP contribution is 2.47. The van der Waals surface area contributed by atoms with Gasteiger partial charge in [0.2, 0.25) is 0 Å². The zero-order chi connectivity index (χ0) is 9.42. The molecule has 1 heterocycles. The lowest BCUT2D eigenvalue weighted by molar-refractivity contribution is -0.138. The van der Waals surface area contributed by atoms with Crippen LogP contribution in [0.4, 0.5) is 0 Å². The van der Waals surface area contributed by atoms with Gasteiger partial charge < -0.3 is 9.67 Å². The fourth-order valence-corrected chi connectivity index (χ4v) is 1.70. The van der Waals surface area contributed by atoms with Crippen LogP contribution >= 0.6 is 0 Å². The Morgan fingerprint density at radius 2 is 2.62 bits per heavy atom. The van der Waals surface area contributed by atoms with E-state index in [1.807, 2.05) is 11.5 Å². The fourth-order valence-electron chi connectivity index (χ4n) is 1.70. The molecule has 2 atom stereocenters. The smallest absolute Gasteiger partial charge is 0.307 e. The molecule has 0 saturated heterocycles. The third kappa shape index (κ3) is 1.32. The minimum atomic E-state index is -0.686. The number of carboxylic acids is 1. The molecule has 4 heteroatoms. The second-order valence-corrected chi connectivity index (χ2v) is 3.39. The molecule has 70 valence electrons. The van der Waals surface area contributed by atoms with E-state index in [1.165, 1.54) is 0 Å². The molecule has 2 unspecified atom stereocenters. The number of aromatic nitrogens is 2. The minimum Gasteiger partial charge on any atom is -0.481 e. The summed E-state index contributed by atoms with van der Waals surface area (Å²) in [5.74, 6) is -0.671. The Morgan fingerprint density at radius 3 is 3.15 bits per heavy atom. The van der Waals surface area contributed by atoms with Crippen molar-refractivity contribution in [3.63, 3.8) is 0 Å². The highest BCUT2D eigenvalue weighted by atomic mass is 16.4. The number of carbonyl (C=O) groups is 1. The van der Waals surface area contributed by atoms with E-state index < -0.39 is 5.97 Å². The van der Waals surface area contributed by atoms with Gasteiger partial charge in [0.15, 0.2) is 0 Å². The van der Waals surface area contributed by atoms with Crippen LogP contribution in [-0.2, 0) is 11.3 Å². The van der Waals surface area contributed by atoms with Gasteiger partial charge in [-0.1, -0.05) is 0 Å². The van der Waals surface area contributed by atoms with Gasteiger partial charge in [0.05, 0.1) is 12.2 Å². The summed E-state index contributed by atoms with van der Waals surface area (Å²) in [5, 5.41) is 8.76. The molecule has 0 spiro atoms. The lowest BCUT2D eigenvalue weighted by atomic mass is 10.2. The summed E-state index contributed by atoms with van der Waals surface area (Å²) in [6.45, 7) is 2.89. The number of nitrogens with zero attached hydrogens (tertiary/aromatic N) is 2. The Labute approximate surface area is 76.2 Å². The maximum atomic E-state index is 10.6. The van der Waals surface area contributed by atoms with Gasteiger partial charge in [0, 0.05) is 24.4 Å². The van der Waals surface area contributed by atoms with Gasteiger partial charge in [-0.15, -0.1) is 0 Å². The molecule has 13 heavy (non-hydrogen) atoms. The predicted molar refractivity (Wildman–Crippen MR) is 46.4 cm³/mol. The van der Waals surface area contributed by atoms with Crippen LogP contribution in [0.2, 0.25) is 0 Å². The molecule has 1 aliphatic carbocycles. The van der Waals surface area contributed by atoms with Crippen LogP contribution in [0.15, 0.2) is 12.5 Å². The van der Waals surface area contributed by atoms with Gasteiger partial charge in [0.25, 0.3) is 0 Å². The standard InChI is InChI=1S/C9H12N2O2/c1-2-11-5-10-4-8(11)6-3-7(6)9(12)13/h4-7H,2-3H2,1H3,(H,12,13). The van der Waals surface area contributed by atoms with Crippen molar-refractivity contribution in [1.82, 2.24) is 9.55 Å². The summed E-state index contributed by atoms with van der Waals surface area (Å²) in [6.07, 6.45) is 4.30. The predicted octanol–water partition coefficient (Wildman–Crippen LogP) is 1.09. The van der Waals surface area contributed by atoms with Crippen LogP contribution in [0.3, 0.4) is 0 Å². The van der Waals surface area contributed by atoms with E-state index in [-0.39, 0.29) is 11.8 Å². The van der Waals surface area contributed by atoms with Crippen molar-refractivity contribution in [2.24, 2.45) is 5.92 Å². The summed E-state index contributed by atoms with van der Waals surface area (Å²) in [4.78, 5) is 14.7. The first-order chi connectivity index (χ1) is 6.24. The van der Waals surface area contributed by atoms with Gasteiger partial charge in [-0.3, -0.25) is 4.79 Å². The third-order valence-corrected chi connectivity index (χ3v) is 2.57. The summed E-state index contributed by atoms with van der Waals surface area (Å²) in [5.41, 5.74) is 1.06. The molecule has 1 N–H and O–H groups in total. The number of rotatable bonds is 3. The molecule has 1 aromatic rings. The van der Waals surface area contributed by atoms with Crippen LogP contribution < -0.4 is 0 Å². The Balaban J connectivity index is 2.15. The molecule has 1 aliphatic rings. The van der Waals surface area contributed by atoms with Crippen molar-refractivity contribution in [3.8, 4) is 0 Å². The lowest BCUT2D eigenvalue weighted by Crippen LogP contribution is -2.02. The van der Waals surface area contributed by atoms with E-state index in [1.54, 1.807) is 12.5 Å². The second kappa shape index (κ2) is 2.87. The first-order valence-electron chi connectivity index (χ1n) is 4.47. The summed E-state index contributed by atoms with van der Waals surface area (Å²) >= 11 is 0. The van der Waals surface area contributed by atoms with Crippen LogP contribution in [0, 0.1) is 5.92 Å². The molecular formula is C9H12N2O2. The maximum Gasteiger partial charge on any atom is 0.307 e. The number of aryl methyl sites for hydroxylation is 1. The Morgan fingerprint density at radius 1 is 1.85 bits per heavy atom.